The number of nitrogens with two attached hydrogens (primary N) is 1. The molecule has 3 N–H and O–H groups in total. The van der Waals surface area contributed by atoms with Crippen molar-refractivity contribution in [3.8, 4) is 23.0 Å². The molecular formula is C24H25N3O5. The van der Waals surface area contributed by atoms with Crippen LogP contribution in [-0.2, 0) is 0 Å². The average molecular weight is 435 g/mol. The first kappa shape index (κ1) is 22.6. The van der Waals surface area contributed by atoms with Crippen LogP contribution in [0.2, 0.25) is 0 Å². The van der Waals surface area contributed by atoms with E-state index in [0.29, 0.717) is 53.0 Å². The largest absolute Gasteiger partial charge is 0.494 e. The molecule has 0 saturated heterocycles. The Hall–Kier alpha value is -4.07. The van der Waals surface area contributed by atoms with Crippen molar-refractivity contribution in [1.82, 2.24) is 4.98 Å². The van der Waals surface area contributed by atoms with E-state index in [1.165, 1.54) is 6.20 Å². The van der Waals surface area contributed by atoms with Crippen molar-refractivity contribution in [1.29, 1.82) is 0 Å². The van der Waals surface area contributed by atoms with Crippen molar-refractivity contribution in [2.75, 3.05) is 18.5 Å². The lowest BCUT2D eigenvalue weighted by Gasteiger charge is -2.13. The quantitative estimate of drug-likeness (QED) is 0.517. The first-order chi connectivity index (χ1) is 15.4. The molecule has 8 nitrogen and oxygen atoms in total. The molecule has 0 radical (unpaired) electrons. The molecule has 0 aliphatic heterocycles. The molecule has 8 heteroatoms. The fourth-order valence-electron chi connectivity index (χ4n) is 3.05. The number of hydrogen-bond donors (Lipinski definition) is 2. The number of benzene rings is 2. The minimum atomic E-state index is -0.630. The second-order valence-electron chi connectivity index (χ2n) is 6.79. The number of nitrogens with zero attached hydrogens (tertiary/aromatic N) is 1. The maximum absolute atomic E-state index is 12.8. The van der Waals surface area contributed by atoms with Crippen LogP contribution in [-0.4, -0.2) is 30.0 Å². The number of pyridine rings is 1. The highest BCUT2D eigenvalue weighted by Crippen LogP contribution is 2.28. The minimum absolute atomic E-state index is 0.145. The summed E-state index contributed by atoms with van der Waals surface area (Å²) >= 11 is 0. The zero-order chi connectivity index (χ0) is 23.1. The van der Waals surface area contributed by atoms with Crippen LogP contribution in [0.3, 0.4) is 0 Å². The van der Waals surface area contributed by atoms with Gasteiger partial charge in [0.25, 0.3) is 11.8 Å². The summed E-state index contributed by atoms with van der Waals surface area (Å²) in [5, 5.41) is 2.85. The zero-order valence-electron chi connectivity index (χ0n) is 18.2. The number of rotatable bonds is 9. The van der Waals surface area contributed by atoms with Gasteiger partial charge in [0.05, 0.1) is 13.2 Å². The van der Waals surface area contributed by atoms with Crippen LogP contribution < -0.4 is 25.3 Å². The number of primary amides is 1. The molecule has 0 aliphatic carbocycles. The second-order valence-corrected chi connectivity index (χ2v) is 6.79. The van der Waals surface area contributed by atoms with Crippen molar-refractivity contribution < 1.29 is 23.8 Å². The third-order valence-corrected chi connectivity index (χ3v) is 4.47. The lowest BCUT2D eigenvalue weighted by atomic mass is 10.1. The molecule has 2 aromatic carbocycles. The summed E-state index contributed by atoms with van der Waals surface area (Å²) in [6.07, 6.45) is 1.45. The highest BCUT2D eigenvalue weighted by molar-refractivity contribution is 6.04. The summed E-state index contributed by atoms with van der Waals surface area (Å²) in [5.41, 5.74) is 6.97. The second kappa shape index (κ2) is 10.3. The third-order valence-electron chi connectivity index (χ3n) is 4.47. The number of hydrogen-bond acceptors (Lipinski definition) is 6. The molecule has 1 aromatic heterocycles. The molecule has 0 atom stereocenters. The van der Waals surface area contributed by atoms with E-state index in [2.05, 4.69) is 10.3 Å². The molecular weight excluding hydrogens is 410 g/mol. The number of aromatic nitrogens is 1. The van der Waals surface area contributed by atoms with E-state index in [1.54, 1.807) is 55.5 Å². The number of nitrogens with one attached hydrogen (secondary N) is 1. The fraction of sp³-hybridized carbons (Fsp3) is 0.208. The smallest absolute Gasteiger partial charge is 0.267 e. The van der Waals surface area contributed by atoms with E-state index in [-0.39, 0.29) is 11.6 Å². The normalized spacial score (nSPS) is 10.3. The van der Waals surface area contributed by atoms with Crippen LogP contribution in [0.15, 0.2) is 54.7 Å². The van der Waals surface area contributed by atoms with Crippen molar-refractivity contribution >= 4 is 17.5 Å². The minimum Gasteiger partial charge on any atom is -0.494 e. The molecule has 0 bridgehead atoms. The Morgan fingerprint density at radius 1 is 0.969 bits per heavy atom. The van der Waals surface area contributed by atoms with Gasteiger partial charge < -0.3 is 25.3 Å². The number of carbonyl (C=O) groups excluding carboxylic acids is 2. The maximum Gasteiger partial charge on any atom is 0.267 e. The van der Waals surface area contributed by atoms with Crippen molar-refractivity contribution in [2.24, 2.45) is 5.73 Å². The molecule has 0 spiro atoms. The lowest BCUT2D eigenvalue weighted by Crippen LogP contribution is -2.15. The summed E-state index contributed by atoms with van der Waals surface area (Å²) in [7, 11) is 0. The molecule has 0 fully saturated rings. The predicted molar refractivity (Wildman–Crippen MR) is 121 cm³/mol. The van der Waals surface area contributed by atoms with E-state index in [0.717, 1.165) is 0 Å². The van der Waals surface area contributed by atoms with Crippen LogP contribution >= 0.6 is 0 Å². The Balaban J connectivity index is 1.80. The van der Waals surface area contributed by atoms with Crippen molar-refractivity contribution in [2.45, 2.75) is 20.8 Å². The average Bonchev–Trinajstić information content (AvgIpc) is 2.75. The van der Waals surface area contributed by atoms with Crippen LogP contribution in [0, 0.1) is 6.92 Å². The van der Waals surface area contributed by atoms with Gasteiger partial charge in [-0.05, 0) is 51.1 Å². The summed E-state index contributed by atoms with van der Waals surface area (Å²) in [6, 6.07) is 13.6. The summed E-state index contributed by atoms with van der Waals surface area (Å²) in [5.74, 6) is 1.09. The standard InChI is InChI=1S/C24H25N3O5/c1-4-30-19-11-16(12-20(14-19)31-5-2)24(29)27-17-7-6-8-18(13-17)32-21-9-10-26-22(15(21)3)23(25)28/h6-14H,4-5H2,1-3H3,(H2,25,28)(H,27,29). The Labute approximate surface area is 186 Å². The van der Waals surface area contributed by atoms with Crippen LogP contribution in [0.5, 0.6) is 23.0 Å². The van der Waals surface area contributed by atoms with Crippen LogP contribution in [0.1, 0.15) is 40.3 Å². The number of anilines is 1. The lowest BCUT2D eigenvalue weighted by molar-refractivity contribution is 0.0992. The Morgan fingerprint density at radius 2 is 1.66 bits per heavy atom. The first-order valence-electron chi connectivity index (χ1n) is 10.2. The molecule has 2 amide bonds. The first-order valence-corrected chi connectivity index (χ1v) is 10.2. The Bertz CT molecular complexity index is 1110. The van der Waals surface area contributed by atoms with E-state index in [9.17, 15) is 9.59 Å². The highest BCUT2D eigenvalue weighted by atomic mass is 16.5. The molecule has 0 saturated carbocycles. The highest BCUT2D eigenvalue weighted by Gasteiger charge is 2.14. The summed E-state index contributed by atoms with van der Waals surface area (Å²) < 4.78 is 17.0. The molecule has 0 unspecified atom stereocenters. The van der Waals surface area contributed by atoms with Gasteiger partial charge in [0.15, 0.2) is 0 Å². The van der Waals surface area contributed by atoms with Crippen LogP contribution in [0.4, 0.5) is 5.69 Å². The molecule has 1 heterocycles. The topological polar surface area (TPSA) is 113 Å². The van der Waals surface area contributed by atoms with E-state index < -0.39 is 5.91 Å². The van der Waals surface area contributed by atoms with Gasteiger partial charge in [-0.2, -0.15) is 0 Å². The van der Waals surface area contributed by atoms with E-state index >= 15 is 0 Å². The Kier molecular flexibility index (Phi) is 7.28. The van der Waals surface area contributed by atoms with Gasteiger partial charge in [0.2, 0.25) is 0 Å². The molecule has 32 heavy (non-hydrogen) atoms. The molecule has 0 aliphatic rings. The number of ether oxygens (including phenoxy) is 3. The van der Waals surface area contributed by atoms with Gasteiger partial charge in [-0.1, -0.05) is 6.07 Å². The zero-order valence-corrected chi connectivity index (χ0v) is 18.2. The van der Waals surface area contributed by atoms with Gasteiger partial charge in [0, 0.05) is 35.1 Å². The SMILES string of the molecule is CCOc1cc(OCC)cc(C(=O)Nc2cccc(Oc3ccnc(C(N)=O)c3C)c2)c1. The summed E-state index contributed by atoms with van der Waals surface area (Å²) in [4.78, 5) is 28.3. The van der Waals surface area contributed by atoms with Crippen LogP contribution in [0.25, 0.3) is 0 Å². The van der Waals surface area contributed by atoms with E-state index in [4.69, 9.17) is 19.9 Å². The van der Waals surface area contributed by atoms with Crippen molar-refractivity contribution in [3.63, 3.8) is 0 Å². The monoisotopic (exact) mass is 435 g/mol. The number of amides is 2. The van der Waals surface area contributed by atoms with Crippen molar-refractivity contribution in [3.05, 3.63) is 71.5 Å². The number of carbonyl (C=O) groups is 2. The van der Waals surface area contributed by atoms with E-state index in [1.807, 2.05) is 13.8 Å². The van der Waals surface area contributed by atoms with Gasteiger partial charge in [-0.15, -0.1) is 0 Å². The predicted octanol–water partition coefficient (Wildman–Crippen LogP) is 4.33. The molecule has 3 rings (SSSR count). The Morgan fingerprint density at radius 3 is 2.28 bits per heavy atom. The fourth-order valence-corrected chi connectivity index (χ4v) is 3.05. The van der Waals surface area contributed by atoms with Gasteiger partial charge in [-0.25, -0.2) is 0 Å². The molecule has 3 aromatic rings. The molecule has 166 valence electrons. The third kappa shape index (κ3) is 5.54. The summed E-state index contributed by atoms with van der Waals surface area (Å²) in [6.45, 7) is 6.39. The van der Waals surface area contributed by atoms with Gasteiger partial charge in [-0.3, -0.25) is 14.6 Å². The maximum atomic E-state index is 12.8. The van der Waals surface area contributed by atoms with Gasteiger partial charge >= 0.3 is 0 Å². The van der Waals surface area contributed by atoms with Gasteiger partial charge in [0.1, 0.15) is 28.7 Å².